The van der Waals surface area contributed by atoms with E-state index in [2.05, 4.69) is 48.5 Å². The smallest absolute Gasteiger partial charge is 0.223 e. The lowest BCUT2D eigenvalue weighted by Crippen LogP contribution is -2.41. The Morgan fingerprint density at radius 1 is 1.34 bits per heavy atom. The molecular formula is C20H22BrN7O. The zero-order valence-corrected chi connectivity index (χ0v) is 18.0. The summed E-state index contributed by atoms with van der Waals surface area (Å²) in [5.74, 6) is 0.748. The van der Waals surface area contributed by atoms with Crippen molar-refractivity contribution < 1.29 is 4.79 Å². The molecule has 1 fully saturated rings. The fourth-order valence-electron chi connectivity index (χ4n) is 4.88. The highest BCUT2D eigenvalue weighted by Crippen LogP contribution is 2.46. The van der Waals surface area contributed by atoms with E-state index in [-0.39, 0.29) is 29.7 Å². The third-order valence-corrected chi connectivity index (χ3v) is 6.91. The molecule has 0 spiro atoms. The van der Waals surface area contributed by atoms with E-state index in [9.17, 15) is 4.79 Å². The molecule has 9 heteroatoms. The number of nitrogens with one attached hydrogen (secondary N) is 2. The van der Waals surface area contributed by atoms with Gasteiger partial charge in [0.25, 0.3) is 0 Å². The number of primary amides is 1. The van der Waals surface area contributed by atoms with Crippen molar-refractivity contribution in [3.05, 3.63) is 34.2 Å². The summed E-state index contributed by atoms with van der Waals surface area (Å²) in [6.45, 7) is 3.99. The number of pyridine rings is 1. The highest BCUT2D eigenvalue weighted by Gasteiger charge is 2.47. The Morgan fingerprint density at radius 2 is 2.10 bits per heavy atom. The van der Waals surface area contributed by atoms with Crippen LogP contribution in [0.5, 0.6) is 0 Å². The Labute approximate surface area is 176 Å². The predicted octanol–water partition coefficient (Wildman–Crippen LogP) is 2.83. The van der Waals surface area contributed by atoms with Gasteiger partial charge in [0.05, 0.1) is 27.3 Å². The molecule has 0 aliphatic heterocycles. The van der Waals surface area contributed by atoms with Gasteiger partial charge in [0, 0.05) is 25.0 Å². The number of halogens is 1. The van der Waals surface area contributed by atoms with E-state index in [4.69, 9.17) is 10.7 Å². The first-order valence-corrected chi connectivity index (χ1v) is 10.4. The standard InChI is InChI=1S/C20H22BrN7O/c1-8-13(9(2)28(3)27-8)19-25-17-16(12(21)7-23-20(17)26-19)24-15-11-5-4-10(6-11)14(15)18(22)29/h4-5,7,10-11,14-15H,6H2,1-3H3,(H2,22,29)(H2,23,24,25,26). The molecule has 5 rings (SSSR count). The van der Waals surface area contributed by atoms with Crippen LogP contribution in [-0.2, 0) is 11.8 Å². The molecule has 3 aromatic rings. The van der Waals surface area contributed by atoms with Crippen LogP contribution in [0.3, 0.4) is 0 Å². The fraction of sp³-hybridized carbons (Fsp3) is 0.400. The molecule has 0 radical (unpaired) electrons. The maximum atomic E-state index is 12.1. The van der Waals surface area contributed by atoms with Crippen molar-refractivity contribution in [3.8, 4) is 11.4 Å². The summed E-state index contributed by atoms with van der Waals surface area (Å²) in [4.78, 5) is 24.8. The number of aryl methyl sites for hydroxylation is 2. The fourth-order valence-corrected chi connectivity index (χ4v) is 5.28. The molecule has 2 bridgehead atoms. The van der Waals surface area contributed by atoms with Crippen LogP contribution >= 0.6 is 15.9 Å². The number of imidazole rings is 1. The number of hydrogen-bond acceptors (Lipinski definition) is 5. The van der Waals surface area contributed by atoms with Gasteiger partial charge in [-0.2, -0.15) is 5.10 Å². The van der Waals surface area contributed by atoms with E-state index in [0.717, 1.165) is 44.9 Å². The quantitative estimate of drug-likeness (QED) is 0.523. The molecule has 3 heterocycles. The van der Waals surface area contributed by atoms with E-state index < -0.39 is 0 Å². The normalized spacial score (nSPS) is 25.2. The number of H-pyrrole nitrogens is 1. The van der Waals surface area contributed by atoms with Gasteiger partial charge < -0.3 is 16.0 Å². The summed E-state index contributed by atoms with van der Waals surface area (Å²) in [6.07, 6.45) is 7.01. The van der Waals surface area contributed by atoms with Crippen molar-refractivity contribution in [1.29, 1.82) is 0 Å². The number of aromatic nitrogens is 5. The molecule has 2 aliphatic carbocycles. The highest BCUT2D eigenvalue weighted by molar-refractivity contribution is 9.10. The lowest BCUT2D eigenvalue weighted by molar-refractivity contribution is -0.122. The second-order valence-corrected chi connectivity index (χ2v) is 8.83. The Bertz CT molecular complexity index is 1180. The first-order valence-electron chi connectivity index (χ1n) is 9.64. The average Bonchev–Trinajstić information content (AvgIpc) is 3.41. The lowest BCUT2D eigenvalue weighted by atomic mass is 9.88. The summed E-state index contributed by atoms with van der Waals surface area (Å²) in [5, 5.41) is 8.06. The molecule has 4 unspecified atom stereocenters. The number of fused-ring (bicyclic) bond motifs is 3. The highest BCUT2D eigenvalue weighted by atomic mass is 79.9. The third kappa shape index (κ3) is 2.71. The number of carbonyl (C=O) groups excluding carboxylic acids is 1. The number of rotatable bonds is 4. The van der Waals surface area contributed by atoms with Crippen molar-refractivity contribution in [3.63, 3.8) is 0 Å². The molecule has 0 aromatic carbocycles. The summed E-state index contributed by atoms with van der Waals surface area (Å²) < 4.78 is 2.65. The van der Waals surface area contributed by atoms with Crippen molar-refractivity contribution in [2.24, 2.45) is 30.5 Å². The number of amides is 1. The summed E-state index contributed by atoms with van der Waals surface area (Å²) in [7, 11) is 1.92. The Kier molecular flexibility index (Phi) is 4.06. The van der Waals surface area contributed by atoms with Gasteiger partial charge in [-0.15, -0.1) is 0 Å². The van der Waals surface area contributed by atoms with Gasteiger partial charge >= 0.3 is 0 Å². The first kappa shape index (κ1) is 18.4. The maximum absolute atomic E-state index is 12.1. The van der Waals surface area contributed by atoms with Crippen LogP contribution in [0.15, 0.2) is 22.8 Å². The van der Waals surface area contributed by atoms with Gasteiger partial charge in [-0.3, -0.25) is 9.48 Å². The Hall–Kier alpha value is -2.68. The molecule has 4 N–H and O–H groups in total. The minimum atomic E-state index is -0.259. The molecule has 3 aromatic heterocycles. The predicted molar refractivity (Wildman–Crippen MR) is 114 cm³/mol. The number of nitrogens with zero attached hydrogens (tertiary/aromatic N) is 4. The van der Waals surface area contributed by atoms with E-state index in [1.54, 1.807) is 6.20 Å². The molecule has 150 valence electrons. The zero-order valence-electron chi connectivity index (χ0n) is 16.4. The van der Waals surface area contributed by atoms with Gasteiger partial charge in [-0.25, -0.2) is 9.97 Å². The number of anilines is 1. The molecule has 8 nitrogen and oxygen atoms in total. The molecule has 29 heavy (non-hydrogen) atoms. The number of allylic oxidation sites excluding steroid dienone is 1. The van der Waals surface area contributed by atoms with Crippen LogP contribution in [0.4, 0.5) is 5.69 Å². The first-order chi connectivity index (χ1) is 13.8. The van der Waals surface area contributed by atoms with Crippen LogP contribution in [0.1, 0.15) is 17.8 Å². The van der Waals surface area contributed by atoms with E-state index >= 15 is 0 Å². The van der Waals surface area contributed by atoms with Crippen molar-refractivity contribution in [2.75, 3.05) is 5.32 Å². The average molecular weight is 456 g/mol. The van der Waals surface area contributed by atoms with E-state index in [1.807, 2.05) is 25.6 Å². The Morgan fingerprint density at radius 3 is 2.79 bits per heavy atom. The second-order valence-electron chi connectivity index (χ2n) is 7.98. The van der Waals surface area contributed by atoms with Crippen molar-refractivity contribution in [1.82, 2.24) is 24.7 Å². The molecule has 1 saturated carbocycles. The van der Waals surface area contributed by atoms with Crippen molar-refractivity contribution in [2.45, 2.75) is 26.3 Å². The van der Waals surface area contributed by atoms with Gasteiger partial charge in [-0.1, -0.05) is 12.2 Å². The minimum Gasteiger partial charge on any atom is -0.378 e. The van der Waals surface area contributed by atoms with Crippen LogP contribution in [-0.4, -0.2) is 36.7 Å². The largest absolute Gasteiger partial charge is 0.378 e. The van der Waals surface area contributed by atoms with Crippen LogP contribution in [0.25, 0.3) is 22.6 Å². The molecule has 1 amide bonds. The SMILES string of the molecule is Cc1nn(C)c(C)c1-c1nc2c(NC3C4C=CC(C4)C3C(N)=O)c(Br)cnc2[nH]1. The number of nitrogens with two attached hydrogens (primary N) is 1. The maximum Gasteiger partial charge on any atom is 0.223 e. The number of hydrogen-bond donors (Lipinski definition) is 3. The number of carbonyl (C=O) groups is 1. The van der Waals surface area contributed by atoms with Gasteiger partial charge in [-0.05, 0) is 48.0 Å². The monoisotopic (exact) mass is 455 g/mol. The zero-order chi connectivity index (χ0) is 20.4. The van der Waals surface area contributed by atoms with Crippen LogP contribution < -0.4 is 11.1 Å². The summed E-state index contributed by atoms with van der Waals surface area (Å²) in [6, 6.07) is -0.0496. The molecular weight excluding hydrogens is 434 g/mol. The van der Waals surface area contributed by atoms with Crippen molar-refractivity contribution >= 4 is 38.7 Å². The second kappa shape index (κ2) is 6.41. The molecule has 2 aliphatic rings. The summed E-state index contributed by atoms with van der Waals surface area (Å²) in [5.41, 5.74) is 10.9. The Balaban J connectivity index is 1.59. The lowest BCUT2D eigenvalue weighted by Gasteiger charge is -2.28. The topological polar surface area (TPSA) is 115 Å². The number of aromatic amines is 1. The van der Waals surface area contributed by atoms with Crippen LogP contribution in [0.2, 0.25) is 0 Å². The van der Waals surface area contributed by atoms with Crippen LogP contribution in [0, 0.1) is 31.6 Å². The summed E-state index contributed by atoms with van der Waals surface area (Å²) >= 11 is 3.60. The third-order valence-electron chi connectivity index (χ3n) is 6.31. The van der Waals surface area contributed by atoms with Gasteiger partial charge in [0.2, 0.25) is 5.91 Å². The molecule has 0 saturated heterocycles. The van der Waals surface area contributed by atoms with Gasteiger partial charge in [0.1, 0.15) is 11.3 Å². The molecule has 4 atom stereocenters. The minimum absolute atomic E-state index is 0.0496. The van der Waals surface area contributed by atoms with Gasteiger partial charge in [0.15, 0.2) is 5.65 Å². The van der Waals surface area contributed by atoms with E-state index in [0.29, 0.717) is 5.65 Å². The van der Waals surface area contributed by atoms with E-state index in [1.165, 1.54) is 0 Å².